The second-order valence-corrected chi connectivity index (χ2v) is 4.28. The second-order valence-electron chi connectivity index (χ2n) is 4.28. The van der Waals surface area contributed by atoms with Gasteiger partial charge in [-0.2, -0.15) is 0 Å². The van der Waals surface area contributed by atoms with E-state index in [-0.39, 0.29) is 6.61 Å². The van der Waals surface area contributed by atoms with E-state index >= 15 is 0 Å². The van der Waals surface area contributed by atoms with Crippen molar-refractivity contribution >= 4 is 0 Å². The van der Waals surface area contributed by atoms with E-state index < -0.39 is 0 Å². The third-order valence-corrected chi connectivity index (χ3v) is 2.90. The zero-order valence-corrected chi connectivity index (χ0v) is 10.4. The maximum atomic E-state index is 9.04. The number of rotatable bonds is 7. The van der Waals surface area contributed by atoms with Crippen LogP contribution in [0.25, 0.3) is 0 Å². The van der Waals surface area contributed by atoms with Gasteiger partial charge in [-0.05, 0) is 31.0 Å². The van der Waals surface area contributed by atoms with Crippen LogP contribution >= 0.6 is 0 Å². The summed E-state index contributed by atoms with van der Waals surface area (Å²) in [4.78, 5) is 2.33. The number of hydrogen-bond acceptors (Lipinski definition) is 2. The van der Waals surface area contributed by atoms with Gasteiger partial charge in [-0.15, -0.1) is 0 Å². The number of aryl methyl sites for hydroxylation is 1. The van der Waals surface area contributed by atoms with Gasteiger partial charge in [-0.25, -0.2) is 0 Å². The summed E-state index contributed by atoms with van der Waals surface area (Å²) < 4.78 is 0. The molecule has 0 saturated carbocycles. The first kappa shape index (κ1) is 13.2. The molecule has 2 nitrogen and oxygen atoms in total. The Labute approximate surface area is 98.9 Å². The van der Waals surface area contributed by atoms with Gasteiger partial charge in [-0.1, -0.05) is 37.6 Å². The van der Waals surface area contributed by atoms with Crippen molar-refractivity contribution in [1.29, 1.82) is 0 Å². The van der Waals surface area contributed by atoms with Gasteiger partial charge < -0.3 is 5.11 Å². The van der Waals surface area contributed by atoms with Gasteiger partial charge >= 0.3 is 0 Å². The molecule has 0 amide bonds. The van der Waals surface area contributed by atoms with Crippen molar-refractivity contribution in [3.63, 3.8) is 0 Å². The molecule has 0 aliphatic heterocycles. The molecule has 0 saturated heterocycles. The molecule has 16 heavy (non-hydrogen) atoms. The fourth-order valence-corrected chi connectivity index (χ4v) is 1.82. The molecule has 0 fully saturated rings. The van der Waals surface area contributed by atoms with Crippen LogP contribution < -0.4 is 0 Å². The fraction of sp³-hybridized carbons (Fsp3) is 0.571. The van der Waals surface area contributed by atoms with Crippen molar-refractivity contribution < 1.29 is 5.11 Å². The van der Waals surface area contributed by atoms with Crippen molar-refractivity contribution in [3.05, 3.63) is 35.4 Å². The van der Waals surface area contributed by atoms with Gasteiger partial charge in [0.05, 0.1) is 6.61 Å². The Hall–Kier alpha value is -0.860. The third-order valence-electron chi connectivity index (χ3n) is 2.90. The highest BCUT2D eigenvalue weighted by atomic mass is 16.3. The maximum absolute atomic E-state index is 9.04. The Kier molecular flexibility index (Phi) is 6.12. The van der Waals surface area contributed by atoms with Crippen LogP contribution in [-0.4, -0.2) is 29.7 Å². The molecule has 0 aliphatic rings. The molecule has 0 radical (unpaired) electrons. The number of hydrogen-bond donors (Lipinski definition) is 1. The molecule has 1 aromatic carbocycles. The van der Waals surface area contributed by atoms with Crippen LogP contribution in [0.1, 0.15) is 30.9 Å². The summed E-state index contributed by atoms with van der Waals surface area (Å²) in [6.45, 7) is 7.39. The molecule has 0 atom stereocenters. The lowest BCUT2D eigenvalue weighted by Crippen LogP contribution is -2.27. The molecule has 1 aromatic rings. The van der Waals surface area contributed by atoms with Gasteiger partial charge in [0.2, 0.25) is 0 Å². The van der Waals surface area contributed by atoms with Gasteiger partial charge in [0, 0.05) is 13.1 Å². The van der Waals surface area contributed by atoms with Crippen molar-refractivity contribution in [1.82, 2.24) is 4.90 Å². The van der Waals surface area contributed by atoms with Crippen LogP contribution in [0.5, 0.6) is 0 Å². The van der Waals surface area contributed by atoms with Crippen molar-refractivity contribution in [2.75, 3.05) is 19.7 Å². The van der Waals surface area contributed by atoms with E-state index in [9.17, 15) is 0 Å². The van der Waals surface area contributed by atoms with E-state index in [4.69, 9.17) is 5.11 Å². The van der Waals surface area contributed by atoms with Crippen LogP contribution in [0.15, 0.2) is 24.3 Å². The predicted octanol–water partition coefficient (Wildman–Crippen LogP) is 2.59. The lowest BCUT2D eigenvalue weighted by Gasteiger charge is -2.22. The van der Waals surface area contributed by atoms with Gasteiger partial charge in [0.15, 0.2) is 0 Å². The van der Waals surface area contributed by atoms with E-state index in [0.717, 1.165) is 19.6 Å². The fourth-order valence-electron chi connectivity index (χ4n) is 1.82. The van der Waals surface area contributed by atoms with Crippen LogP contribution in [0.2, 0.25) is 0 Å². The lowest BCUT2D eigenvalue weighted by molar-refractivity contribution is 0.188. The second kappa shape index (κ2) is 7.42. The van der Waals surface area contributed by atoms with Crippen LogP contribution in [0.4, 0.5) is 0 Å². The maximum Gasteiger partial charge on any atom is 0.0558 e. The Morgan fingerprint density at radius 3 is 2.56 bits per heavy atom. The van der Waals surface area contributed by atoms with E-state index in [1.54, 1.807) is 0 Å². The molecular weight excluding hydrogens is 198 g/mol. The molecule has 1 N–H and O–H groups in total. The van der Waals surface area contributed by atoms with E-state index in [2.05, 4.69) is 43.0 Å². The Balaban J connectivity index is 2.56. The minimum Gasteiger partial charge on any atom is -0.395 e. The summed E-state index contributed by atoms with van der Waals surface area (Å²) >= 11 is 0. The summed E-state index contributed by atoms with van der Waals surface area (Å²) in [7, 11) is 0. The van der Waals surface area contributed by atoms with Gasteiger partial charge in [0.25, 0.3) is 0 Å². The highest BCUT2D eigenvalue weighted by Crippen LogP contribution is 2.10. The third kappa shape index (κ3) is 4.33. The zero-order valence-electron chi connectivity index (χ0n) is 10.4. The van der Waals surface area contributed by atoms with Crippen LogP contribution in [0, 0.1) is 6.92 Å². The van der Waals surface area contributed by atoms with Crippen molar-refractivity contribution in [2.45, 2.75) is 33.2 Å². The first-order valence-corrected chi connectivity index (χ1v) is 6.15. The first-order chi connectivity index (χ1) is 7.77. The minimum atomic E-state index is 0.246. The Bertz CT molecular complexity index is 299. The van der Waals surface area contributed by atoms with E-state index in [0.29, 0.717) is 0 Å². The zero-order chi connectivity index (χ0) is 11.8. The quantitative estimate of drug-likeness (QED) is 0.765. The Morgan fingerprint density at radius 1 is 1.19 bits per heavy atom. The number of benzene rings is 1. The number of aliphatic hydroxyl groups excluding tert-OH is 1. The average molecular weight is 221 g/mol. The van der Waals surface area contributed by atoms with Gasteiger partial charge in [0.1, 0.15) is 0 Å². The summed E-state index contributed by atoms with van der Waals surface area (Å²) in [6, 6.07) is 8.47. The molecule has 90 valence electrons. The first-order valence-electron chi connectivity index (χ1n) is 6.15. The average Bonchev–Trinajstić information content (AvgIpc) is 2.29. The molecule has 0 unspecified atom stereocenters. The molecule has 0 heterocycles. The van der Waals surface area contributed by atoms with Crippen molar-refractivity contribution in [2.24, 2.45) is 0 Å². The summed E-state index contributed by atoms with van der Waals surface area (Å²) in [5, 5.41) is 9.04. The smallest absolute Gasteiger partial charge is 0.0558 e. The number of unbranched alkanes of at least 4 members (excludes halogenated alkanes) is 1. The number of aliphatic hydroxyl groups is 1. The summed E-state index contributed by atoms with van der Waals surface area (Å²) in [6.07, 6.45) is 2.40. The van der Waals surface area contributed by atoms with E-state index in [1.807, 2.05) is 0 Å². The molecule has 1 rings (SSSR count). The molecule has 0 bridgehead atoms. The summed E-state index contributed by atoms with van der Waals surface area (Å²) in [5.74, 6) is 0. The number of nitrogens with zero attached hydrogens (tertiary/aromatic N) is 1. The normalized spacial score (nSPS) is 11.0. The van der Waals surface area contributed by atoms with E-state index in [1.165, 1.54) is 24.0 Å². The standard InChI is InChI=1S/C14H23NO/c1-3-4-9-15(10-11-16)12-14-8-6-5-7-13(14)2/h5-8,16H,3-4,9-12H2,1-2H3. The lowest BCUT2D eigenvalue weighted by atomic mass is 10.1. The molecular formula is C14H23NO. The highest BCUT2D eigenvalue weighted by Gasteiger charge is 2.06. The Morgan fingerprint density at radius 2 is 1.94 bits per heavy atom. The highest BCUT2D eigenvalue weighted by molar-refractivity contribution is 5.25. The van der Waals surface area contributed by atoms with Crippen molar-refractivity contribution in [3.8, 4) is 0 Å². The monoisotopic (exact) mass is 221 g/mol. The molecule has 0 spiro atoms. The summed E-state index contributed by atoms with van der Waals surface area (Å²) in [5.41, 5.74) is 2.70. The largest absolute Gasteiger partial charge is 0.395 e. The minimum absolute atomic E-state index is 0.246. The van der Waals surface area contributed by atoms with Crippen LogP contribution in [0.3, 0.4) is 0 Å². The van der Waals surface area contributed by atoms with Gasteiger partial charge in [-0.3, -0.25) is 4.90 Å². The van der Waals surface area contributed by atoms with Crippen LogP contribution in [-0.2, 0) is 6.54 Å². The predicted molar refractivity (Wildman–Crippen MR) is 68.4 cm³/mol. The molecule has 0 aromatic heterocycles. The SMILES string of the molecule is CCCCN(CCO)Cc1ccccc1C. The topological polar surface area (TPSA) is 23.5 Å². The molecule has 2 heteroatoms. The molecule has 0 aliphatic carbocycles.